The standard InChI is InChI=1S/C16H14N6O3S/c1-21-15(18-19-20-21)10-4-3-5-11(8-10)17-16(23)13-9-12(26-2)6-7-14(13)22(24)25/h3-9H,1-2H3,(H,17,23). The molecule has 0 fully saturated rings. The molecule has 0 unspecified atom stereocenters. The van der Waals surface area contributed by atoms with Crippen molar-refractivity contribution in [2.24, 2.45) is 7.05 Å². The van der Waals surface area contributed by atoms with Crippen LogP contribution in [0.4, 0.5) is 11.4 Å². The van der Waals surface area contributed by atoms with E-state index < -0.39 is 10.8 Å². The zero-order chi connectivity index (χ0) is 18.7. The molecule has 1 aromatic heterocycles. The van der Waals surface area contributed by atoms with Crippen LogP contribution in [-0.4, -0.2) is 37.3 Å². The Hall–Kier alpha value is -3.27. The number of nitrogens with zero attached hydrogens (tertiary/aromatic N) is 5. The number of aromatic nitrogens is 4. The molecule has 3 rings (SSSR count). The molecule has 132 valence electrons. The number of rotatable bonds is 5. The summed E-state index contributed by atoms with van der Waals surface area (Å²) in [6, 6.07) is 11.4. The number of aryl methyl sites for hydroxylation is 1. The van der Waals surface area contributed by atoms with Gasteiger partial charge in [0.05, 0.1) is 4.92 Å². The second-order valence-electron chi connectivity index (χ2n) is 5.30. The van der Waals surface area contributed by atoms with Crippen LogP contribution in [0.25, 0.3) is 11.4 Å². The molecule has 1 amide bonds. The van der Waals surface area contributed by atoms with E-state index in [9.17, 15) is 14.9 Å². The maximum Gasteiger partial charge on any atom is 0.282 e. The van der Waals surface area contributed by atoms with Gasteiger partial charge in [0.2, 0.25) is 0 Å². The number of nitro groups is 1. The third-order valence-electron chi connectivity index (χ3n) is 3.64. The zero-order valence-corrected chi connectivity index (χ0v) is 14.7. The lowest BCUT2D eigenvalue weighted by Crippen LogP contribution is -2.14. The van der Waals surface area contributed by atoms with Crippen molar-refractivity contribution in [3.8, 4) is 11.4 Å². The van der Waals surface area contributed by atoms with Crippen molar-refractivity contribution in [1.29, 1.82) is 0 Å². The number of anilines is 1. The highest BCUT2D eigenvalue weighted by molar-refractivity contribution is 7.98. The third-order valence-corrected chi connectivity index (χ3v) is 4.37. The predicted molar refractivity (Wildman–Crippen MR) is 97.1 cm³/mol. The number of benzene rings is 2. The lowest BCUT2D eigenvalue weighted by Gasteiger charge is -2.08. The van der Waals surface area contributed by atoms with Crippen LogP contribution in [0.5, 0.6) is 0 Å². The molecule has 0 spiro atoms. The van der Waals surface area contributed by atoms with Gasteiger partial charge in [0.25, 0.3) is 11.6 Å². The van der Waals surface area contributed by atoms with Gasteiger partial charge in [-0.05, 0) is 40.9 Å². The van der Waals surface area contributed by atoms with Crippen LogP contribution in [0.2, 0.25) is 0 Å². The van der Waals surface area contributed by atoms with E-state index in [1.165, 1.54) is 28.6 Å². The highest BCUT2D eigenvalue weighted by Crippen LogP contribution is 2.26. The number of carbonyl (C=O) groups is 1. The molecule has 0 bridgehead atoms. The fraction of sp³-hybridized carbons (Fsp3) is 0.125. The van der Waals surface area contributed by atoms with E-state index in [1.807, 2.05) is 6.26 Å². The Kier molecular flexibility index (Phi) is 4.94. The Morgan fingerprint density at radius 1 is 1.27 bits per heavy atom. The van der Waals surface area contributed by atoms with E-state index in [0.717, 1.165) is 4.90 Å². The van der Waals surface area contributed by atoms with Crippen LogP contribution in [0.15, 0.2) is 47.4 Å². The minimum Gasteiger partial charge on any atom is -0.322 e. The van der Waals surface area contributed by atoms with Crippen LogP contribution in [0, 0.1) is 10.1 Å². The Labute approximate surface area is 152 Å². The quantitative estimate of drug-likeness (QED) is 0.417. The van der Waals surface area contributed by atoms with E-state index in [1.54, 1.807) is 37.4 Å². The molecule has 1 heterocycles. The van der Waals surface area contributed by atoms with Gasteiger partial charge in [-0.1, -0.05) is 12.1 Å². The van der Waals surface area contributed by atoms with E-state index in [2.05, 4.69) is 20.8 Å². The highest BCUT2D eigenvalue weighted by atomic mass is 32.2. The Balaban J connectivity index is 1.91. The number of nitrogens with one attached hydrogen (secondary N) is 1. The molecule has 0 aliphatic heterocycles. The maximum atomic E-state index is 12.6. The molecule has 10 heteroatoms. The molecule has 1 N–H and O–H groups in total. The summed E-state index contributed by atoms with van der Waals surface area (Å²) >= 11 is 1.40. The molecular weight excluding hydrogens is 356 g/mol. The van der Waals surface area contributed by atoms with Crippen LogP contribution in [0.3, 0.4) is 0 Å². The number of hydrogen-bond donors (Lipinski definition) is 1. The Morgan fingerprint density at radius 3 is 2.73 bits per heavy atom. The van der Waals surface area contributed by atoms with Crippen molar-refractivity contribution in [3.05, 3.63) is 58.1 Å². The zero-order valence-electron chi connectivity index (χ0n) is 13.9. The summed E-state index contributed by atoms with van der Waals surface area (Å²) in [6.07, 6.45) is 1.83. The third kappa shape index (κ3) is 3.54. The smallest absolute Gasteiger partial charge is 0.282 e. The first-order chi connectivity index (χ1) is 12.5. The molecule has 26 heavy (non-hydrogen) atoms. The van der Waals surface area contributed by atoms with Gasteiger partial charge in [0.1, 0.15) is 5.56 Å². The van der Waals surface area contributed by atoms with E-state index >= 15 is 0 Å². The number of amides is 1. The largest absolute Gasteiger partial charge is 0.322 e. The van der Waals surface area contributed by atoms with Gasteiger partial charge < -0.3 is 5.32 Å². The van der Waals surface area contributed by atoms with Gasteiger partial charge >= 0.3 is 0 Å². The summed E-state index contributed by atoms with van der Waals surface area (Å²) in [5.41, 5.74) is 0.962. The average molecular weight is 370 g/mol. The second kappa shape index (κ2) is 7.31. The van der Waals surface area contributed by atoms with E-state index in [0.29, 0.717) is 17.1 Å². The van der Waals surface area contributed by atoms with Gasteiger partial charge in [-0.3, -0.25) is 14.9 Å². The first kappa shape index (κ1) is 17.5. The minimum absolute atomic E-state index is 0.00702. The Morgan fingerprint density at radius 2 is 2.08 bits per heavy atom. The summed E-state index contributed by atoms with van der Waals surface area (Å²) in [5.74, 6) is -0.0164. The molecule has 0 saturated heterocycles. The normalized spacial score (nSPS) is 10.5. The van der Waals surface area contributed by atoms with Crippen LogP contribution < -0.4 is 5.32 Å². The maximum absolute atomic E-state index is 12.6. The summed E-state index contributed by atoms with van der Waals surface area (Å²) in [7, 11) is 1.71. The van der Waals surface area contributed by atoms with Gasteiger partial charge in [0.15, 0.2) is 5.82 Å². The summed E-state index contributed by atoms with van der Waals surface area (Å²) < 4.78 is 1.51. The number of hydrogen-bond acceptors (Lipinski definition) is 7. The molecule has 2 aromatic carbocycles. The SMILES string of the molecule is CSc1ccc([N+](=O)[O-])c(C(=O)Nc2cccc(-c3nnnn3C)c2)c1. The fourth-order valence-corrected chi connectivity index (χ4v) is 2.83. The average Bonchev–Trinajstić information content (AvgIpc) is 3.07. The minimum atomic E-state index is -0.569. The van der Waals surface area contributed by atoms with Crippen molar-refractivity contribution in [3.63, 3.8) is 0 Å². The Bertz CT molecular complexity index is 988. The summed E-state index contributed by atoms with van der Waals surface area (Å²) in [5, 5.41) is 25.2. The van der Waals surface area contributed by atoms with Crippen molar-refractivity contribution in [2.75, 3.05) is 11.6 Å². The summed E-state index contributed by atoms with van der Waals surface area (Å²) in [6.45, 7) is 0. The number of nitro benzene ring substituents is 1. The van der Waals surface area contributed by atoms with Crippen LogP contribution in [0.1, 0.15) is 10.4 Å². The fourth-order valence-electron chi connectivity index (χ4n) is 2.39. The first-order valence-corrected chi connectivity index (χ1v) is 8.68. The van der Waals surface area contributed by atoms with Crippen LogP contribution in [-0.2, 0) is 7.05 Å². The molecular formula is C16H14N6O3S. The van der Waals surface area contributed by atoms with Crippen molar-refractivity contribution < 1.29 is 9.72 Å². The van der Waals surface area contributed by atoms with E-state index in [4.69, 9.17) is 0 Å². The molecule has 3 aromatic rings. The van der Waals surface area contributed by atoms with Crippen LogP contribution >= 0.6 is 11.8 Å². The lowest BCUT2D eigenvalue weighted by atomic mass is 10.1. The summed E-state index contributed by atoms with van der Waals surface area (Å²) in [4.78, 5) is 24.0. The topological polar surface area (TPSA) is 116 Å². The monoisotopic (exact) mass is 370 g/mol. The van der Waals surface area contributed by atoms with Gasteiger partial charge in [-0.15, -0.1) is 16.9 Å². The molecule has 0 aliphatic rings. The van der Waals surface area contributed by atoms with Crippen molar-refractivity contribution in [2.45, 2.75) is 4.90 Å². The van der Waals surface area contributed by atoms with E-state index in [-0.39, 0.29) is 11.3 Å². The van der Waals surface area contributed by atoms with Gasteiger partial charge in [0, 0.05) is 29.3 Å². The van der Waals surface area contributed by atoms with Crippen molar-refractivity contribution >= 4 is 29.0 Å². The lowest BCUT2D eigenvalue weighted by molar-refractivity contribution is -0.385. The van der Waals surface area contributed by atoms with Gasteiger partial charge in [-0.25, -0.2) is 4.68 Å². The predicted octanol–water partition coefficient (Wildman–Crippen LogP) is 2.76. The van der Waals surface area contributed by atoms with Crippen molar-refractivity contribution in [1.82, 2.24) is 20.2 Å². The molecule has 0 saturated carbocycles. The number of carbonyl (C=O) groups excluding carboxylic acids is 1. The first-order valence-electron chi connectivity index (χ1n) is 7.46. The molecule has 9 nitrogen and oxygen atoms in total. The second-order valence-corrected chi connectivity index (χ2v) is 6.18. The van der Waals surface area contributed by atoms with Gasteiger partial charge in [-0.2, -0.15) is 0 Å². The molecule has 0 radical (unpaired) electrons. The highest BCUT2D eigenvalue weighted by Gasteiger charge is 2.21. The molecule has 0 atom stereocenters. The molecule has 0 aliphatic carbocycles. The number of tetrazole rings is 1. The number of thioether (sulfide) groups is 1.